The van der Waals surface area contributed by atoms with Crippen molar-refractivity contribution in [2.45, 2.75) is 44.8 Å². The van der Waals surface area contributed by atoms with Gasteiger partial charge < -0.3 is 15.4 Å². The lowest BCUT2D eigenvalue weighted by Crippen LogP contribution is -2.49. The van der Waals surface area contributed by atoms with Gasteiger partial charge in [0.15, 0.2) is 5.54 Å². The van der Waals surface area contributed by atoms with Crippen molar-refractivity contribution in [2.24, 2.45) is 0 Å². The molecule has 0 radical (unpaired) electrons. The molecule has 0 saturated heterocycles. The minimum Gasteiger partial charge on any atom is -0.444 e. The molecule has 2 amide bonds. The topological polar surface area (TPSA) is 79.5 Å². The molecule has 1 unspecified atom stereocenters. The number of benzene rings is 2. The van der Waals surface area contributed by atoms with Crippen LogP contribution in [0.3, 0.4) is 0 Å². The highest BCUT2D eigenvalue weighted by atomic mass is 35.5. The number of hydrogen-bond acceptors (Lipinski definition) is 4. The van der Waals surface area contributed by atoms with E-state index in [1.807, 2.05) is 39.0 Å². The van der Waals surface area contributed by atoms with Gasteiger partial charge in [0.25, 0.3) is 5.91 Å². The average Bonchev–Trinajstić information content (AvgIpc) is 2.95. The van der Waals surface area contributed by atoms with E-state index in [2.05, 4.69) is 16.0 Å². The number of hydrogen-bond donors (Lipinski definition) is 3. The number of fused-ring (bicyclic) bond motifs is 1. The molecule has 1 atom stereocenters. The summed E-state index contributed by atoms with van der Waals surface area (Å²) in [5, 5.41) is 10.1. The van der Waals surface area contributed by atoms with E-state index in [-0.39, 0.29) is 5.91 Å². The molecule has 0 bridgehead atoms. The molecular weight excluding hydrogens is 437 g/mol. The Hall–Kier alpha value is -2.28. The lowest BCUT2D eigenvalue weighted by molar-refractivity contribution is -0.120. The molecule has 0 aliphatic carbocycles. The smallest absolute Gasteiger partial charge is 0.407 e. The Balaban J connectivity index is 1.71. The number of anilines is 1. The Kier molecular flexibility index (Phi) is 7.14. The molecule has 0 fully saturated rings. The number of rotatable bonds is 7. The first-order valence-electron chi connectivity index (χ1n) is 10.2. The Morgan fingerprint density at radius 2 is 1.77 bits per heavy atom. The van der Waals surface area contributed by atoms with Crippen LogP contribution in [-0.4, -0.2) is 30.7 Å². The minimum atomic E-state index is -1.14. The Morgan fingerprint density at radius 3 is 2.48 bits per heavy atom. The maximum atomic E-state index is 13.2. The molecule has 3 rings (SSSR count). The monoisotopic (exact) mass is 463 g/mol. The maximum Gasteiger partial charge on any atom is 0.407 e. The highest BCUT2D eigenvalue weighted by Crippen LogP contribution is 2.44. The van der Waals surface area contributed by atoms with Gasteiger partial charge in [0, 0.05) is 33.4 Å². The van der Waals surface area contributed by atoms with Crippen LogP contribution in [0.5, 0.6) is 0 Å². The van der Waals surface area contributed by atoms with E-state index in [1.165, 1.54) is 0 Å². The zero-order chi connectivity index (χ0) is 22.6. The quantitative estimate of drug-likeness (QED) is 0.499. The second kappa shape index (κ2) is 9.47. The predicted molar refractivity (Wildman–Crippen MR) is 124 cm³/mol. The van der Waals surface area contributed by atoms with E-state index in [9.17, 15) is 9.59 Å². The van der Waals surface area contributed by atoms with Crippen LogP contribution in [-0.2, 0) is 15.1 Å². The molecule has 166 valence electrons. The first-order valence-corrected chi connectivity index (χ1v) is 11.0. The van der Waals surface area contributed by atoms with E-state index >= 15 is 0 Å². The largest absolute Gasteiger partial charge is 0.444 e. The zero-order valence-electron chi connectivity index (χ0n) is 17.9. The Morgan fingerprint density at radius 1 is 1.06 bits per heavy atom. The molecule has 1 aliphatic rings. The third-order valence-corrected chi connectivity index (χ3v) is 5.48. The first-order chi connectivity index (χ1) is 14.6. The van der Waals surface area contributed by atoms with Gasteiger partial charge in [0.05, 0.1) is 0 Å². The van der Waals surface area contributed by atoms with Crippen molar-refractivity contribution in [3.8, 4) is 0 Å². The van der Waals surface area contributed by atoms with Crippen molar-refractivity contribution < 1.29 is 14.3 Å². The summed E-state index contributed by atoms with van der Waals surface area (Å²) in [4.78, 5) is 25.0. The Bertz CT molecular complexity index is 975. The van der Waals surface area contributed by atoms with E-state index in [0.717, 1.165) is 18.4 Å². The van der Waals surface area contributed by atoms with Crippen LogP contribution in [0.25, 0.3) is 0 Å². The fraction of sp³-hybridized carbons (Fsp3) is 0.391. The van der Waals surface area contributed by atoms with E-state index in [0.29, 0.717) is 34.4 Å². The second-order valence-electron chi connectivity index (χ2n) is 8.44. The normalized spacial score (nSPS) is 17.8. The molecule has 0 spiro atoms. The summed E-state index contributed by atoms with van der Waals surface area (Å²) >= 11 is 12.8. The third-order valence-electron chi connectivity index (χ3n) is 4.91. The van der Waals surface area contributed by atoms with Crippen LogP contribution in [0.1, 0.15) is 44.7 Å². The van der Waals surface area contributed by atoms with Gasteiger partial charge in [-0.25, -0.2) is 4.79 Å². The summed E-state index contributed by atoms with van der Waals surface area (Å²) in [5.41, 5.74) is 0.440. The molecule has 2 aromatic rings. The number of ether oxygens (including phenoxy) is 1. The van der Waals surface area contributed by atoms with Crippen molar-refractivity contribution >= 4 is 40.9 Å². The molecule has 0 aromatic heterocycles. The Labute approximate surface area is 192 Å². The molecule has 3 N–H and O–H groups in total. The van der Waals surface area contributed by atoms with Gasteiger partial charge in [-0.15, -0.1) is 0 Å². The van der Waals surface area contributed by atoms with Gasteiger partial charge in [-0.3, -0.25) is 10.1 Å². The summed E-state index contributed by atoms with van der Waals surface area (Å²) in [6.07, 6.45) is 1.01. The fourth-order valence-corrected chi connectivity index (χ4v) is 4.06. The maximum absolute atomic E-state index is 13.2. The zero-order valence-corrected chi connectivity index (χ0v) is 19.4. The number of halogens is 2. The first kappa shape index (κ1) is 23.4. The van der Waals surface area contributed by atoms with E-state index in [1.54, 1.807) is 24.3 Å². The van der Waals surface area contributed by atoms with Crippen molar-refractivity contribution in [3.63, 3.8) is 0 Å². The standard InChI is InChI=1S/C23H27Cl2N3O3/c1-22(2,3)31-21(30)26-12-6-7-13-27-23(16-8-4-5-9-18(16)25)17-14-15(24)10-11-19(17)28-20(23)29/h4-5,8-11,14,27H,6-7,12-13H2,1-3H3,(H,26,30)(H,28,29). The molecule has 8 heteroatoms. The fourth-order valence-electron chi connectivity index (χ4n) is 3.61. The van der Waals surface area contributed by atoms with E-state index < -0.39 is 17.2 Å². The van der Waals surface area contributed by atoms with Crippen molar-refractivity contribution in [2.75, 3.05) is 18.4 Å². The van der Waals surface area contributed by atoms with Crippen LogP contribution < -0.4 is 16.0 Å². The van der Waals surface area contributed by atoms with Gasteiger partial charge >= 0.3 is 6.09 Å². The lowest BCUT2D eigenvalue weighted by Gasteiger charge is -2.30. The highest BCUT2D eigenvalue weighted by molar-refractivity contribution is 6.32. The van der Waals surface area contributed by atoms with Crippen molar-refractivity contribution in [3.05, 3.63) is 63.6 Å². The van der Waals surface area contributed by atoms with Gasteiger partial charge in [-0.2, -0.15) is 0 Å². The molecule has 6 nitrogen and oxygen atoms in total. The van der Waals surface area contributed by atoms with Gasteiger partial charge in [-0.05, 0) is 64.4 Å². The summed E-state index contributed by atoms with van der Waals surface area (Å²) in [6.45, 7) is 6.47. The molecule has 0 saturated carbocycles. The highest BCUT2D eigenvalue weighted by Gasteiger charge is 2.49. The minimum absolute atomic E-state index is 0.204. The van der Waals surface area contributed by atoms with Gasteiger partial charge in [0.2, 0.25) is 0 Å². The van der Waals surface area contributed by atoms with Crippen LogP contribution in [0.2, 0.25) is 10.0 Å². The second-order valence-corrected chi connectivity index (χ2v) is 9.28. The molecule has 1 aliphatic heterocycles. The number of carbonyl (C=O) groups excluding carboxylic acids is 2. The lowest BCUT2D eigenvalue weighted by atomic mass is 9.83. The third kappa shape index (κ3) is 5.32. The summed E-state index contributed by atoms with van der Waals surface area (Å²) < 4.78 is 5.23. The van der Waals surface area contributed by atoms with E-state index in [4.69, 9.17) is 27.9 Å². The SMILES string of the molecule is CC(C)(C)OC(=O)NCCCCNC1(c2ccccc2Cl)C(=O)Nc2ccc(Cl)cc21. The van der Waals surface area contributed by atoms with Crippen LogP contribution in [0.4, 0.5) is 10.5 Å². The number of nitrogens with one attached hydrogen (secondary N) is 3. The summed E-state index contributed by atoms with van der Waals surface area (Å²) in [5.74, 6) is -0.204. The average molecular weight is 464 g/mol. The van der Waals surface area contributed by atoms with Crippen LogP contribution >= 0.6 is 23.2 Å². The van der Waals surface area contributed by atoms with Crippen molar-refractivity contribution in [1.29, 1.82) is 0 Å². The molecular formula is C23H27Cl2N3O3. The van der Waals surface area contributed by atoms with Crippen LogP contribution in [0, 0.1) is 0 Å². The van der Waals surface area contributed by atoms with Crippen LogP contribution in [0.15, 0.2) is 42.5 Å². The molecule has 1 heterocycles. The number of carbonyl (C=O) groups is 2. The number of amides is 2. The van der Waals surface area contributed by atoms with Gasteiger partial charge in [-0.1, -0.05) is 41.4 Å². The number of alkyl carbamates (subject to hydrolysis) is 1. The number of unbranched alkanes of at least 4 members (excludes halogenated alkanes) is 1. The summed E-state index contributed by atoms with van der Waals surface area (Å²) in [6, 6.07) is 12.6. The van der Waals surface area contributed by atoms with Gasteiger partial charge in [0.1, 0.15) is 5.60 Å². The molecule has 2 aromatic carbocycles. The predicted octanol–water partition coefficient (Wildman–Crippen LogP) is 5.08. The molecule has 31 heavy (non-hydrogen) atoms. The van der Waals surface area contributed by atoms with Crippen molar-refractivity contribution in [1.82, 2.24) is 10.6 Å². The summed E-state index contributed by atoms with van der Waals surface area (Å²) in [7, 11) is 0.